The summed E-state index contributed by atoms with van der Waals surface area (Å²) < 4.78 is 0. The molecule has 0 bridgehead atoms. The lowest BCUT2D eigenvalue weighted by molar-refractivity contribution is -0.146. The first-order valence-electron chi connectivity index (χ1n) is 10.3. The number of hydrogen-bond acceptors (Lipinski definition) is 2. The molecule has 0 aromatic carbocycles. The predicted molar refractivity (Wildman–Crippen MR) is 96.9 cm³/mol. The molecule has 3 heteroatoms. The molecule has 0 aliphatic heterocycles. The Balaban J connectivity index is 1.98. The normalized spacial score (nSPS) is 28.2. The second kappa shape index (κ2) is 9.01. The molecule has 0 spiro atoms. The van der Waals surface area contributed by atoms with Gasteiger partial charge in [-0.05, 0) is 49.4 Å². The lowest BCUT2D eigenvalue weighted by Gasteiger charge is -2.38. The van der Waals surface area contributed by atoms with Crippen molar-refractivity contribution in [3.8, 4) is 0 Å². The average molecular weight is 337 g/mol. The van der Waals surface area contributed by atoms with Gasteiger partial charge in [0, 0.05) is 12.8 Å². The van der Waals surface area contributed by atoms with Crippen LogP contribution in [0.15, 0.2) is 0 Å². The van der Waals surface area contributed by atoms with Gasteiger partial charge in [-0.25, -0.2) is 0 Å². The van der Waals surface area contributed by atoms with Crippen LogP contribution in [0.3, 0.4) is 0 Å². The van der Waals surface area contributed by atoms with E-state index in [-0.39, 0.29) is 17.3 Å². The fraction of sp³-hybridized carbons (Fsp3) is 0.905. The number of carbonyl (C=O) groups is 2. The first kappa shape index (κ1) is 19.5. The number of carboxylic acid groups (broad SMARTS) is 1. The van der Waals surface area contributed by atoms with Gasteiger partial charge in [-0.1, -0.05) is 52.4 Å². The summed E-state index contributed by atoms with van der Waals surface area (Å²) in [6.07, 6.45) is 13.7. The number of carboxylic acids is 1. The summed E-state index contributed by atoms with van der Waals surface area (Å²) in [4.78, 5) is 24.4. The van der Waals surface area contributed by atoms with Crippen molar-refractivity contribution >= 4 is 11.8 Å². The van der Waals surface area contributed by atoms with E-state index in [1.807, 2.05) is 6.92 Å². The van der Waals surface area contributed by atoms with Crippen molar-refractivity contribution in [3.05, 3.63) is 0 Å². The van der Waals surface area contributed by atoms with E-state index >= 15 is 0 Å². The molecule has 1 N–H and O–H groups in total. The lowest BCUT2D eigenvalue weighted by Crippen LogP contribution is -2.34. The minimum absolute atomic E-state index is 0.203. The second-order valence-electron chi connectivity index (χ2n) is 8.40. The molecule has 2 aliphatic rings. The molecule has 2 saturated carbocycles. The van der Waals surface area contributed by atoms with Gasteiger partial charge in [0.2, 0.25) is 0 Å². The third kappa shape index (κ3) is 4.83. The van der Waals surface area contributed by atoms with E-state index in [2.05, 4.69) is 6.92 Å². The first-order chi connectivity index (χ1) is 11.5. The number of aliphatic carboxylic acids is 1. The standard InChI is InChI=1S/C21H36O3/c1-3-18(20(23)24)19-11-7-6-10-16(19)14-17(22)15-21(4-2)12-8-5-9-13-21/h16,18-19H,3-15H2,1-2H3,(H,23,24)/t16-,18+,19-/m1/s1. The number of carbonyl (C=O) groups excluding carboxylic acids is 1. The molecule has 0 aromatic rings. The van der Waals surface area contributed by atoms with Crippen LogP contribution in [0.4, 0.5) is 0 Å². The van der Waals surface area contributed by atoms with Crippen molar-refractivity contribution in [1.29, 1.82) is 0 Å². The Kier molecular flexibility index (Phi) is 7.31. The predicted octanol–water partition coefficient (Wildman–Crippen LogP) is 5.61. The molecule has 2 aliphatic carbocycles. The molecule has 2 fully saturated rings. The van der Waals surface area contributed by atoms with E-state index in [9.17, 15) is 14.7 Å². The number of Topliss-reactive ketones (excluding diaryl/α,β-unsaturated/α-hetero) is 1. The number of ketones is 1. The molecule has 0 unspecified atom stereocenters. The average Bonchev–Trinajstić information content (AvgIpc) is 2.57. The van der Waals surface area contributed by atoms with Gasteiger partial charge < -0.3 is 5.11 Å². The van der Waals surface area contributed by atoms with Crippen molar-refractivity contribution in [2.24, 2.45) is 23.2 Å². The SMILES string of the molecule is CC[C@H](C(=O)O)[C@@H]1CCCC[C@@H]1CC(=O)CC1(CC)CCCCC1. The fourth-order valence-corrected chi connectivity index (χ4v) is 5.42. The second-order valence-corrected chi connectivity index (χ2v) is 8.40. The highest BCUT2D eigenvalue weighted by molar-refractivity contribution is 5.79. The Bertz CT molecular complexity index is 423. The van der Waals surface area contributed by atoms with E-state index in [4.69, 9.17) is 0 Å². The van der Waals surface area contributed by atoms with E-state index in [0.29, 0.717) is 24.5 Å². The zero-order valence-electron chi connectivity index (χ0n) is 15.7. The summed E-state index contributed by atoms with van der Waals surface area (Å²) in [6.45, 7) is 4.21. The molecule has 3 atom stereocenters. The Morgan fingerprint density at radius 3 is 2.29 bits per heavy atom. The monoisotopic (exact) mass is 336 g/mol. The Labute approximate surface area is 147 Å². The molecule has 0 aromatic heterocycles. The summed E-state index contributed by atoms with van der Waals surface area (Å²) in [5.41, 5.74) is 0.246. The molecule has 2 rings (SSSR count). The van der Waals surface area contributed by atoms with Crippen molar-refractivity contribution < 1.29 is 14.7 Å². The Morgan fingerprint density at radius 2 is 1.71 bits per heavy atom. The maximum Gasteiger partial charge on any atom is 0.306 e. The lowest BCUT2D eigenvalue weighted by atomic mass is 9.66. The molecule has 3 nitrogen and oxygen atoms in total. The topological polar surface area (TPSA) is 54.4 Å². The van der Waals surface area contributed by atoms with Gasteiger partial charge in [0.15, 0.2) is 0 Å². The highest BCUT2D eigenvalue weighted by Gasteiger charge is 2.38. The van der Waals surface area contributed by atoms with Crippen LogP contribution in [-0.4, -0.2) is 16.9 Å². The number of rotatable bonds is 8. The fourth-order valence-electron chi connectivity index (χ4n) is 5.42. The van der Waals surface area contributed by atoms with Crippen molar-refractivity contribution in [1.82, 2.24) is 0 Å². The van der Waals surface area contributed by atoms with E-state index in [1.165, 1.54) is 32.1 Å². The van der Waals surface area contributed by atoms with Gasteiger partial charge in [0.1, 0.15) is 5.78 Å². The Hall–Kier alpha value is -0.860. The van der Waals surface area contributed by atoms with Crippen LogP contribution in [0.2, 0.25) is 0 Å². The molecule has 0 amide bonds. The largest absolute Gasteiger partial charge is 0.481 e. The zero-order chi connectivity index (χ0) is 17.6. The molecule has 138 valence electrons. The van der Waals surface area contributed by atoms with Crippen LogP contribution >= 0.6 is 0 Å². The van der Waals surface area contributed by atoms with Crippen LogP contribution < -0.4 is 0 Å². The molecule has 0 radical (unpaired) electrons. The molecule has 0 heterocycles. The third-order valence-corrected chi connectivity index (χ3v) is 6.97. The minimum atomic E-state index is -0.667. The van der Waals surface area contributed by atoms with E-state index < -0.39 is 5.97 Å². The van der Waals surface area contributed by atoms with Crippen LogP contribution in [0, 0.1) is 23.2 Å². The van der Waals surface area contributed by atoms with Crippen LogP contribution in [0.1, 0.15) is 97.3 Å². The minimum Gasteiger partial charge on any atom is -0.481 e. The van der Waals surface area contributed by atoms with Crippen LogP contribution in [0.25, 0.3) is 0 Å². The first-order valence-corrected chi connectivity index (χ1v) is 10.3. The van der Waals surface area contributed by atoms with Crippen molar-refractivity contribution in [2.45, 2.75) is 97.3 Å². The number of hydrogen-bond donors (Lipinski definition) is 1. The molecular formula is C21H36O3. The highest BCUT2D eigenvalue weighted by Crippen LogP contribution is 2.44. The van der Waals surface area contributed by atoms with Crippen LogP contribution in [-0.2, 0) is 9.59 Å². The molecule has 24 heavy (non-hydrogen) atoms. The summed E-state index contributed by atoms with van der Waals surface area (Å²) >= 11 is 0. The zero-order valence-corrected chi connectivity index (χ0v) is 15.7. The molecular weight excluding hydrogens is 300 g/mol. The van der Waals surface area contributed by atoms with Gasteiger partial charge in [-0.15, -0.1) is 0 Å². The van der Waals surface area contributed by atoms with E-state index in [1.54, 1.807) is 0 Å². The van der Waals surface area contributed by atoms with Gasteiger partial charge in [0.05, 0.1) is 5.92 Å². The van der Waals surface area contributed by atoms with Gasteiger partial charge in [-0.3, -0.25) is 9.59 Å². The Morgan fingerprint density at radius 1 is 1.04 bits per heavy atom. The van der Waals surface area contributed by atoms with Crippen molar-refractivity contribution in [3.63, 3.8) is 0 Å². The van der Waals surface area contributed by atoms with Crippen molar-refractivity contribution in [2.75, 3.05) is 0 Å². The van der Waals surface area contributed by atoms with Gasteiger partial charge in [-0.2, -0.15) is 0 Å². The summed E-state index contributed by atoms with van der Waals surface area (Å²) in [6, 6.07) is 0. The molecule has 0 saturated heterocycles. The van der Waals surface area contributed by atoms with Crippen LogP contribution in [0.5, 0.6) is 0 Å². The smallest absolute Gasteiger partial charge is 0.306 e. The summed E-state index contributed by atoms with van der Waals surface area (Å²) in [7, 11) is 0. The highest BCUT2D eigenvalue weighted by atomic mass is 16.4. The maximum absolute atomic E-state index is 12.8. The van der Waals surface area contributed by atoms with E-state index in [0.717, 1.165) is 38.5 Å². The summed E-state index contributed by atoms with van der Waals surface area (Å²) in [5.74, 6) is -0.0353. The maximum atomic E-state index is 12.8. The third-order valence-electron chi connectivity index (χ3n) is 6.97. The quantitative estimate of drug-likeness (QED) is 0.626. The van der Waals surface area contributed by atoms with Gasteiger partial charge >= 0.3 is 5.97 Å². The summed E-state index contributed by atoms with van der Waals surface area (Å²) in [5, 5.41) is 9.53. The van der Waals surface area contributed by atoms with Gasteiger partial charge in [0.25, 0.3) is 0 Å².